The molecule has 0 amide bonds. The van der Waals surface area contributed by atoms with Gasteiger partial charge in [0.2, 0.25) is 0 Å². The van der Waals surface area contributed by atoms with E-state index < -0.39 is 13.3 Å². The van der Waals surface area contributed by atoms with E-state index in [9.17, 15) is 0 Å². The summed E-state index contributed by atoms with van der Waals surface area (Å²) in [6.45, 7) is 17.3. The third kappa shape index (κ3) is 9.08. The second-order valence-electron chi connectivity index (χ2n) is 24.1. The zero-order valence-corrected chi connectivity index (χ0v) is 52.6. The van der Waals surface area contributed by atoms with Crippen molar-refractivity contribution in [2.75, 3.05) is 24.5 Å². The summed E-state index contributed by atoms with van der Waals surface area (Å²) in [5.41, 5.74) is 25.7. The van der Waals surface area contributed by atoms with Crippen molar-refractivity contribution in [1.82, 2.24) is 0 Å². The van der Waals surface area contributed by atoms with Crippen molar-refractivity contribution in [2.24, 2.45) is 0 Å². The molecule has 0 saturated carbocycles. The Hall–Kier alpha value is -10.0. The molecule has 87 heavy (non-hydrogen) atoms. The van der Waals surface area contributed by atoms with E-state index in [1.165, 1.54) is 62.1 Å². The molecule has 12 aromatic carbocycles. The van der Waals surface area contributed by atoms with Crippen LogP contribution in [0.4, 0.5) is 85.3 Å². The van der Waals surface area contributed by atoms with Gasteiger partial charge in [-0.3, -0.25) is 0 Å². The zero-order valence-electron chi connectivity index (χ0n) is 50.5. The number of aryl methyl sites for hydroxylation is 8. The van der Waals surface area contributed by atoms with Gasteiger partial charge < -0.3 is 0 Å². The molecule has 15 rings (SSSR count). The van der Waals surface area contributed by atoms with Crippen LogP contribution in [0.1, 0.15) is 44.5 Å². The Bertz CT molecular complexity index is 4230. The van der Waals surface area contributed by atoms with Crippen LogP contribution in [-0.2, 0) is 0 Å². The standard InChI is InChI=1S/C80H67GeN5O/c1-52-14-30-61(31-15-52)82(62-32-16-53(2)17-33-62)69-46-72-78-73(47-69)86(68-44-28-59(8)29-45-68)75-49-71(84(65-38-22-56(5)23-39-65)66-40-24-57(6)25-41-66)51-77-80(75)81(78,60-12-10-9-11-13-60)79-74(85(72)67-42-26-58(7)27-43-67)48-70(50-76(79)87-77)83(63-34-18-54(3)19-35-63)64-36-20-55(4)21-37-64/h9-51H,1-8H3. The van der Waals surface area contributed by atoms with Crippen molar-refractivity contribution in [3.8, 4) is 11.5 Å². The summed E-state index contributed by atoms with van der Waals surface area (Å²) in [5.74, 6) is 1.73. The summed E-state index contributed by atoms with van der Waals surface area (Å²) in [7, 11) is 0. The van der Waals surface area contributed by atoms with Gasteiger partial charge in [-0.05, 0) is 0 Å². The third-order valence-corrected chi connectivity index (χ3v) is 28.3. The van der Waals surface area contributed by atoms with Crippen LogP contribution in [0, 0.1) is 55.4 Å². The number of rotatable bonds is 12. The molecule has 3 aliphatic rings. The molecular weight excluding hydrogens is 1120 g/mol. The molecule has 6 nitrogen and oxygen atoms in total. The maximum atomic E-state index is 8.03. The number of hydrogen-bond donors (Lipinski definition) is 0. The Balaban J connectivity index is 1.14. The number of nitrogens with zero attached hydrogens (tertiary/aromatic N) is 5. The van der Waals surface area contributed by atoms with Gasteiger partial charge in [0.15, 0.2) is 0 Å². The molecule has 12 aromatic rings. The summed E-state index contributed by atoms with van der Waals surface area (Å²) in [6.07, 6.45) is 0. The summed E-state index contributed by atoms with van der Waals surface area (Å²) in [6, 6.07) is 98.3. The molecule has 422 valence electrons. The monoisotopic (exact) mass is 1190 g/mol. The number of anilines is 15. The predicted molar refractivity (Wildman–Crippen MR) is 369 cm³/mol. The summed E-state index contributed by atoms with van der Waals surface area (Å²) < 4.78 is 13.3. The maximum absolute atomic E-state index is 8.03. The molecule has 0 radical (unpaired) electrons. The van der Waals surface area contributed by atoms with E-state index >= 15 is 0 Å². The van der Waals surface area contributed by atoms with Gasteiger partial charge in [0, 0.05) is 0 Å². The average molecular weight is 1190 g/mol. The van der Waals surface area contributed by atoms with Gasteiger partial charge in [-0.25, -0.2) is 0 Å². The van der Waals surface area contributed by atoms with Crippen molar-refractivity contribution < 1.29 is 4.74 Å². The van der Waals surface area contributed by atoms with Crippen molar-refractivity contribution in [1.29, 1.82) is 0 Å². The molecule has 7 heteroatoms. The topological polar surface area (TPSA) is 25.4 Å². The summed E-state index contributed by atoms with van der Waals surface area (Å²) in [5, 5.41) is 0. The first kappa shape index (κ1) is 53.7. The molecule has 0 bridgehead atoms. The van der Waals surface area contributed by atoms with E-state index in [4.69, 9.17) is 4.74 Å². The van der Waals surface area contributed by atoms with E-state index in [2.05, 4.69) is 341 Å². The first-order chi connectivity index (χ1) is 42.4. The van der Waals surface area contributed by atoms with Gasteiger partial charge in [0.1, 0.15) is 0 Å². The third-order valence-electron chi connectivity index (χ3n) is 17.8. The molecule has 0 aromatic heterocycles. The van der Waals surface area contributed by atoms with E-state index in [0.717, 1.165) is 96.8 Å². The van der Waals surface area contributed by atoms with Gasteiger partial charge in [0.05, 0.1) is 0 Å². The average Bonchev–Trinajstić information content (AvgIpc) is 0.658. The van der Waals surface area contributed by atoms with Crippen molar-refractivity contribution in [3.05, 3.63) is 305 Å². The normalized spacial score (nSPS) is 13.0. The number of ether oxygens (including phenoxy) is 1. The molecule has 0 spiro atoms. The van der Waals surface area contributed by atoms with Crippen LogP contribution in [0.3, 0.4) is 0 Å². The van der Waals surface area contributed by atoms with Crippen LogP contribution in [0.25, 0.3) is 0 Å². The Morgan fingerprint density at radius 2 is 0.494 bits per heavy atom. The first-order valence-electron chi connectivity index (χ1n) is 30.2. The van der Waals surface area contributed by atoms with Gasteiger partial charge in [-0.15, -0.1) is 0 Å². The molecule has 0 fully saturated rings. The van der Waals surface area contributed by atoms with Crippen LogP contribution in [-0.4, -0.2) is 13.3 Å². The van der Waals surface area contributed by atoms with Crippen molar-refractivity contribution in [3.63, 3.8) is 0 Å². The van der Waals surface area contributed by atoms with Crippen LogP contribution in [0.5, 0.6) is 11.5 Å². The second kappa shape index (κ2) is 21.2. The van der Waals surface area contributed by atoms with Gasteiger partial charge in [-0.2, -0.15) is 0 Å². The van der Waals surface area contributed by atoms with E-state index in [1.807, 2.05) is 0 Å². The first-order valence-corrected chi connectivity index (χ1v) is 34.4. The van der Waals surface area contributed by atoms with Crippen LogP contribution in [0.2, 0.25) is 0 Å². The molecule has 0 aliphatic carbocycles. The Morgan fingerprint density at radius 1 is 0.253 bits per heavy atom. The molecule has 3 aliphatic heterocycles. The van der Waals surface area contributed by atoms with Crippen molar-refractivity contribution >= 4 is 116 Å². The molecule has 0 N–H and O–H groups in total. The zero-order chi connectivity index (χ0) is 59.2. The quantitative estimate of drug-likeness (QED) is 0.113. The van der Waals surface area contributed by atoms with Gasteiger partial charge >= 0.3 is 518 Å². The fraction of sp³-hybridized carbons (Fsp3) is 0.100. The van der Waals surface area contributed by atoms with E-state index in [0.29, 0.717) is 0 Å². The molecule has 3 heterocycles. The molecule has 0 atom stereocenters. The van der Waals surface area contributed by atoms with Gasteiger partial charge in [-0.1, -0.05) is 0 Å². The van der Waals surface area contributed by atoms with Gasteiger partial charge in [0.25, 0.3) is 0 Å². The number of hydrogen-bond acceptors (Lipinski definition) is 6. The second-order valence-corrected chi connectivity index (χ2v) is 31.6. The summed E-state index contributed by atoms with van der Waals surface area (Å²) >= 11 is -4.47. The Labute approximate surface area is 514 Å². The fourth-order valence-electron chi connectivity index (χ4n) is 13.5. The fourth-order valence-corrected chi connectivity index (χ4v) is 25.2. The summed E-state index contributed by atoms with van der Waals surface area (Å²) in [4.78, 5) is 12.5. The van der Waals surface area contributed by atoms with Crippen LogP contribution in [0.15, 0.2) is 261 Å². The Morgan fingerprint density at radius 3 is 0.770 bits per heavy atom. The SMILES string of the molecule is Cc1ccc(N(c2ccc(C)cc2)c2cc3[c]4c(c2)N(c2ccc(C)cc2)c2cc(N(c5ccc(C)cc5)c5ccc(C)cc5)cc5[c]2[Ge]4([c]2ccccc2)[c]2c(cc(N(c4ccc(C)cc4)c4ccc(C)cc4)cc2N5c2ccc(C)cc2)O3)cc1. The minimum absolute atomic E-state index is 0.867. The van der Waals surface area contributed by atoms with Crippen LogP contribution >= 0.6 is 0 Å². The van der Waals surface area contributed by atoms with E-state index in [1.54, 1.807) is 0 Å². The minimum atomic E-state index is -4.47. The van der Waals surface area contributed by atoms with E-state index in [-0.39, 0.29) is 0 Å². The van der Waals surface area contributed by atoms with Crippen molar-refractivity contribution in [2.45, 2.75) is 55.4 Å². The Kier molecular flexibility index (Phi) is 13.1. The molecular formula is C80H67GeN5O. The number of benzene rings is 12. The molecule has 0 saturated heterocycles. The predicted octanol–water partition coefficient (Wildman–Crippen LogP) is 19.6. The van der Waals surface area contributed by atoms with Crippen LogP contribution < -0.4 is 46.8 Å². The molecule has 0 unspecified atom stereocenters.